The molecule has 0 bridgehead atoms. The van der Waals surface area contributed by atoms with Crippen LogP contribution in [0.4, 0.5) is 4.39 Å². The van der Waals surface area contributed by atoms with Crippen LogP contribution >= 0.6 is 22.7 Å². The SMILES string of the molecule is Cc1cc2c(CC(=O)N[C@@H]3COC[C@@H]3F)csc2s1. The van der Waals surface area contributed by atoms with Crippen molar-refractivity contribution < 1.29 is 13.9 Å². The molecule has 0 aromatic carbocycles. The summed E-state index contributed by atoms with van der Waals surface area (Å²) >= 11 is 3.40. The van der Waals surface area contributed by atoms with Crippen molar-refractivity contribution in [1.82, 2.24) is 5.32 Å². The molecule has 2 aromatic rings. The lowest BCUT2D eigenvalue weighted by molar-refractivity contribution is -0.121. The largest absolute Gasteiger partial charge is 0.376 e. The van der Waals surface area contributed by atoms with Gasteiger partial charge in [-0.3, -0.25) is 4.79 Å². The number of hydrogen-bond donors (Lipinski definition) is 1. The summed E-state index contributed by atoms with van der Waals surface area (Å²) in [5, 5.41) is 5.87. The topological polar surface area (TPSA) is 38.3 Å². The number of nitrogens with one attached hydrogen (secondary N) is 1. The Balaban J connectivity index is 1.68. The van der Waals surface area contributed by atoms with Gasteiger partial charge < -0.3 is 10.1 Å². The molecule has 0 spiro atoms. The van der Waals surface area contributed by atoms with E-state index in [9.17, 15) is 9.18 Å². The highest BCUT2D eigenvalue weighted by atomic mass is 32.2. The average molecular weight is 299 g/mol. The van der Waals surface area contributed by atoms with E-state index in [0.29, 0.717) is 6.42 Å². The van der Waals surface area contributed by atoms with E-state index in [1.165, 1.54) is 8.89 Å². The van der Waals surface area contributed by atoms with Crippen molar-refractivity contribution in [3.63, 3.8) is 0 Å². The van der Waals surface area contributed by atoms with Crippen LogP contribution in [0.1, 0.15) is 10.4 Å². The molecule has 1 aliphatic heterocycles. The van der Waals surface area contributed by atoms with Crippen LogP contribution in [-0.2, 0) is 16.0 Å². The Hall–Kier alpha value is -0.980. The van der Waals surface area contributed by atoms with Crippen LogP contribution in [0.15, 0.2) is 11.4 Å². The van der Waals surface area contributed by atoms with Gasteiger partial charge in [-0.25, -0.2) is 4.39 Å². The van der Waals surface area contributed by atoms with Crippen molar-refractivity contribution in [2.24, 2.45) is 0 Å². The van der Waals surface area contributed by atoms with Crippen LogP contribution < -0.4 is 5.32 Å². The lowest BCUT2D eigenvalue weighted by Crippen LogP contribution is -2.41. The average Bonchev–Trinajstić information content (AvgIpc) is 2.99. The van der Waals surface area contributed by atoms with Crippen LogP contribution in [0.2, 0.25) is 0 Å². The first-order chi connectivity index (χ1) is 9.13. The molecule has 1 fully saturated rings. The number of alkyl halides is 1. The fourth-order valence-corrected chi connectivity index (χ4v) is 4.50. The fraction of sp³-hybridized carbons (Fsp3) is 0.462. The van der Waals surface area contributed by atoms with Gasteiger partial charge in [0.2, 0.25) is 5.91 Å². The number of rotatable bonds is 3. The predicted octanol–water partition coefficient (Wildman–Crippen LogP) is 2.67. The number of amides is 1. The second kappa shape index (κ2) is 5.19. The highest BCUT2D eigenvalue weighted by molar-refractivity contribution is 7.37. The maximum atomic E-state index is 13.3. The fourth-order valence-electron chi connectivity index (χ4n) is 2.22. The minimum Gasteiger partial charge on any atom is -0.376 e. The van der Waals surface area contributed by atoms with Gasteiger partial charge in [-0.2, -0.15) is 0 Å². The monoisotopic (exact) mass is 299 g/mol. The van der Waals surface area contributed by atoms with E-state index in [2.05, 4.69) is 18.3 Å². The molecule has 3 nitrogen and oxygen atoms in total. The van der Waals surface area contributed by atoms with Crippen LogP contribution in [0.25, 0.3) is 9.40 Å². The Morgan fingerprint density at radius 3 is 3.16 bits per heavy atom. The second-order valence-electron chi connectivity index (χ2n) is 4.72. The molecule has 1 saturated heterocycles. The van der Waals surface area contributed by atoms with E-state index in [4.69, 9.17) is 4.74 Å². The van der Waals surface area contributed by atoms with Crippen LogP contribution in [0.5, 0.6) is 0 Å². The molecule has 1 N–H and O–H groups in total. The Morgan fingerprint density at radius 2 is 2.42 bits per heavy atom. The molecule has 102 valence electrons. The van der Waals surface area contributed by atoms with Crippen molar-refractivity contribution in [1.29, 1.82) is 0 Å². The Morgan fingerprint density at radius 1 is 1.58 bits per heavy atom. The van der Waals surface area contributed by atoms with Gasteiger partial charge in [0, 0.05) is 10.3 Å². The van der Waals surface area contributed by atoms with Crippen molar-refractivity contribution in [2.75, 3.05) is 13.2 Å². The minimum absolute atomic E-state index is 0.0807. The zero-order valence-electron chi connectivity index (χ0n) is 10.4. The van der Waals surface area contributed by atoms with Crippen LogP contribution in [0.3, 0.4) is 0 Å². The Bertz CT molecular complexity index is 607. The summed E-state index contributed by atoms with van der Waals surface area (Å²) in [6.07, 6.45) is -0.783. The molecular formula is C13H14FNO2S2. The van der Waals surface area contributed by atoms with Crippen molar-refractivity contribution in [2.45, 2.75) is 25.6 Å². The molecule has 1 aliphatic rings. The molecule has 0 radical (unpaired) electrons. The summed E-state index contributed by atoms with van der Waals surface area (Å²) in [4.78, 5) is 13.2. The Labute approximate surface area is 118 Å². The van der Waals surface area contributed by atoms with Crippen molar-refractivity contribution >= 4 is 38.0 Å². The standard InChI is InChI=1S/C13H14FNO2S2/c1-7-2-9-8(6-18-13(9)19-7)3-12(16)15-11-5-17-4-10(11)14/h2,6,10-11H,3-5H2,1H3,(H,15,16)/t10-,11+/m0/s1. The first-order valence-electron chi connectivity index (χ1n) is 6.11. The quantitative estimate of drug-likeness (QED) is 0.946. The van der Waals surface area contributed by atoms with E-state index in [-0.39, 0.29) is 19.1 Å². The van der Waals surface area contributed by atoms with Crippen molar-refractivity contribution in [3.05, 3.63) is 21.9 Å². The summed E-state index contributed by atoms with van der Waals surface area (Å²) < 4.78 is 19.6. The molecule has 0 unspecified atom stereocenters. The normalized spacial score (nSPS) is 23.1. The third-order valence-electron chi connectivity index (χ3n) is 3.18. The van der Waals surface area contributed by atoms with E-state index >= 15 is 0 Å². The molecule has 2 atom stereocenters. The lowest BCUT2D eigenvalue weighted by Gasteiger charge is -2.12. The Kier molecular flexibility index (Phi) is 3.56. The van der Waals surface area contributed by atoms with Gasteiger partial charge in [0.25, 0.3) is 0 Å². The van der Waals surface area contributed by atoms with Crippen LogP contribution in [0, 0.1) is 6.92 Å². The molecule has 3 heterocycles. The van der Waals surface area contributed by atoms with E-state index < -0.39 is 12.2 Å². The molecule has 1 amide bonds. The van der Waals surface area contributed by atoms with Crippen LogP contribution in [-0.4, -0.2) is 31.3 Å². The molecule has 0 saturated carbocycles. The maximum Gasteiger partial charge on any atom is 0.224 e. The first-order valence-corrected chi connectivity index (χ1v) is 7.81. The van der Waals surface area contributed by atoms with Gasteiger partial charge in [-0.05, 0) is 23.9 Å². The third kappa shape index (κ3) is 2.66. The van der Waals surface area contributed by atoms with Gasteiger partial charge in [0.15, 0.2) is 0 Å². The molecular weight excluding hydrogens is 285 g/mol. The van der Waals surface area contributed by atoms with Gasteiger partial charge in [-0.1, -0.05) is 0 Å². The molecule has 3 rings (SSSR count). The highest BCUT2D eigenvalue weighted by Crippen LogP contribution is 2.33. The minimum atomic E-state index is -1.09. The number of hydrogen-bond acceptors (Lipinski definition) is 4. The van der Waals surface area contributed by atoms with E-state index in [1.54, 1.807) is 22.7 Å². The molecule has 2 aromatic heterocycles. The molecule has 0 aliphatic carbocycles. The summed E-state index contributed by atoms with van der Waals surface area (Å²) in [6, 6.07) is 1.61. The van der Waals surface area contributed by atoms with Gasteiger partial charge in [0.05, 0.1) is 29.7 Å². The maximum absolute atomic E-state index is 13.3. The number of fused-ring (bicyclic) bond motifs is 1. The summed E-state index contributed by atoms with van der Waals surface area (Å²) in [5.74, 6) is -0.137. The number of carbonyl (C=O) groups excluding carboxylic acids is 1. The summed E-state index contributed by atoms with van der Waals surface area (Å²) in [7, 11) is 0. The first kappa shape index (κ1) is 13.0. The molecule has 6 heteroatoms. The van der Waals surface area contributed by atoms with Gasteiger partial charge >= 0.3 is 0 Å². The number of halogens is 1. The van der Waals surface area contributed by atoms with Gasteiger partial charge in [0.1, 0.15) is 6.17 Å². The van der Waals surface area contributed by atoms with E-state index in [0.717, 1.165) is 10.9 Å². The summed E-state index contributed by atoms with van der Waals surface area (Å²) in [6.45, 7) is 2.41. The smallest absolute Gasteiger partial charge is 0.224 e. The lowest BCUT2D eigenvalue weighted by atomic mass is 10.1. The second-order valence-corrected chi connectivity index (χ2v) is 7.12. The number of aryl methyl sites for hydroxylation is 1. The summed E-state index contributed by atoms with van der Waals surface area (Å²) in [5.41, 5.74) is 1.02. The van der Waals surface area contributed by atoms with E-state index in [1.807, 2.05) is 5.38 Å². The molecule has 19 heavy (non-hydrogen) atoms. The number of ether oxygens (including phenoxy) is 1. The van der Waals surface area contributed by atoms with Crippen molar-refractivity contribution in [3.8, 4) is 0 Å². The zero-order valence-corrected chi connectivity index (χ0v) is 12.1. The number of carbonyl (C=O) groups is 1. The third-order valence-corrected chi connectivity index (χ3v) is 5.40. The number of thiophene rings is 2. The zero-order chi connectivity index (χ0) is 13.4. The predicted molar refractivity (Wildman–Crippen MR) is 75.8 cm³/mol. The highest BCUT2D eigenvalue weighted by Gasteiger charge is 2.29. The van der Waals surface area contributed by atoms with Gasteiger partial charge in [-0.15, -0.1) is 22.7 Å².